The van der Waals surface area contributed by atoms with Gasteiger partial charge in [-0.3, -0.25) is 24.7 Å². The van der Waals surface area contributed by atoms with Gasteiger partial charge in [-0.15, -0.1) is 0 Å². The van der Waals surface area contributed by atoms with Crippen LogP contribution < -0.4 is 10.6 Å². The van der Waals surface area contributed by atoms with E-state index in [1.54, 1.807) is 42.9 Å². The number of nitrogens with one attached hydrogen (secondary N) is 3. The molecular formula is C16H14N6O2. The number of amides is 2. The molecule has 0 aliphatic rings. The standard InChI is InChI=1S/C16H14N6O2/c23-15(11-3-1-5-17-7-11)19-8-12-9-20-22-14(12)16(24)21-13-4-2-6-18-10-13/h1-7,9-10H,8H2,(H,19,23)(H,20,22)(H,21,24). The molecule has 0 unspecified atom stereocenters. The van der Waals surface area contributed by atoms with Crippen LogP contribution in [-0.4, -0.2) is 32.0 Å². The lowest BCUT2D eigenvalue weighted by Crippen LogP contribution is -2.24. The molecule has 3 aromatic heterocycles. The summed E-state index contributed by atoms with van der Waals surface area (Å²) in [6.07, 6.45) is 7.79. The molecule has 120 valence electrons. The highest BCUT2D eigenvalue weighted by Gasteiger charge is 2.16. The van der Waals surface area contributed by atoms with E-state index in [9.17, 15) is 9.59 Å². The molecule has 0 radical (unpaired) electrons. The summed E-state index contributed by atoms with van der Waals surface area (Å²) in [4.78, 5) is 32.1. The first kappa shape index (κ1) is 15.3. The second-order valence-electron chi connectivity index (χ2n) is 4.88. The number of hydrogen-bond donors (Lipinski definition) is 3. The van der Waals surface area contributed by atoms with E-state index in [4.69, 9.17) is 0 Å². The molecule has 0 spiro atoms. The van der Waals surface area contributed by atoms with E-state index < -0.39 is 0 Å². The van der Waals surface area contributed by atoms with Gasteiger partial charge in [0.15, 0.2) is 5.69 Å². The molecule has 0 bridgehead atoms. The molecule has 24 heavy (non-hydrogen) atoms. The zero-order valence-electron chi connectivity index (χ0n) is 12.6. The summed E-state index contributed by atoms with van der Waals surface area (Å²) in [5.41, 5.74) is 1.80. The summed E-state index contributed by atoms with van der Waals surface area (Å²) < 4.78 is 0. The Kier molecular flexibility index (Phi) is 4.57. The Labute approximate surface area is 137 Å². The summed E-state index contributed by atoms with van der Waals surface area (Å²) in [5, 5.41) is 12.0. The fourth-order valence-electron chi connectivity index (χ4n) is 2.05. The molecule has 0 fully saturated rings. The number of anilines is 1. The second-order valence-corrected chi connectivity index (χ2v) is 4.88. The third-order valence-corrected chi connectivity index (χ3v) is 3.22. The number of aromatic amines is 1. The number of nitrogens with zero attached hydrogens (tertiary/aromatic N) is 3. The van der Waals surface area contributed by atoms with Gasteiger partial charge in [-0.05, 0) is 24.3 Å². The Morgan fingerprint density at radius 3 is 2.54 bits per heavy atom. The van der Waals surface area contributed by atoms with E-state index in [-0.39, 0.29) is 24.1 Å². The van der Waals surface area contributed by atoms with E-state index in [2.05, 4.69) is 30.8 Å². The highest BCUT2D eigenvalue weighted by atomic mass is 16.2. The number of pyridine rings is 2. The highest BCUT2D eigenvalue weighted by molar-refractivity contribution is 6.03. The van der Waals surface area contributed by atoms with Gasteiger partial charge in [0.2, 0.25) is 0 Å². The third-order valence-electron chi connectivity index (χ3n) is 3.22. The zero-order valence-corrected chi connectivity index (χ0v) is 12.6. The lowest BCUT2D eigenvalue weighted by Gasteiger charge is -2.06. The van der Waals surface area contributed by atoms with Crippen molar-refractivity contribution in [3.8, 4) is 0 Å². The molecule has 3 heterocycles. The maximum atomic E-state index is 12.3. The molecular weight excluding hydrogens is 308 g/mol. The van der Waals surface area contributed by atoms with Crippen LogP contribution in [0.1, 0.15) is 26.4 Å². The van der Waals surface area contributed by atoms with Crippen LogP contribution in [0.5, 0.6) is 0 Å². The minimum atomic E-state index is -0.380. The van der Waals surface area contributed by atoms with E-state index in [1.807, 2.05) is 0 Å². The van der Waals surface area contributed by atoms with Crippen molar-refractivity contribution in [3.05, 3.63) is 72.1 Å². The van der Waals surface area contributed by atoms with Crippen molar-refractivity contribution in [1.82, 2.24) is 25.5 Å². The monoisotopic (exact) mass is 322 g/mol. The fraction of sp³-hybridized carbons (Fsp3) is 0.0625. The number of carbonyl (C=O) groups excluding carboxylic acids is 2. The Morgan fingerprint density at radius 2 is 1.83 bits per heavy atom. The molecule has 3 N–H and O–H groups in total. The summed E-state index contributed by atoms with van der Waals surface area (Å²) in [6.45, 7) is 0.167. The number of hydrogen-bond acceptors (Lipinski definition) is 5. The first-order valence-electron chi connectivity index (χ1n) is 7.16. The van der Waals surface area contributed by atoms with Crippen molar-refractivity contribution in [2.45, 2.75) is 6.54 Å². The van der Waals surface area contributed by atoms with E-state index >= 15 is 0 Å². The minimum absolute atomic E-state index is 0.167. The lowest BCUT2D eigenvalue weighted by atomic mass is 10.2. The van der Waals surface area contributed by atoms with Gasteiger partial charge in [0, 0.05) is 36.9 Å². The average molecular weight is 322 g/mol. The Hall–Kier alpha value is -3.55. The Balaban J connectivity index is 1.65. The number of aromatic nitrogens is 4. The van der Waals surface area contributed by atoms with Gasteiger partial charge in [-0.1, -0.05) is 0 Å². The van der Waals surface area contributed by atoms with Crippen LogP contribution in [0, 0.1) is 0 Å². The first-order chi connectivity index (χ1) is 11.7. The van der Waals surface area contributed by atoms with Crippen LogP contribution in [0.25, 0.3) is 0 Å². The van der Waals surface area contributed by atoms with Crippen molar-refractivity contribution in [3.63, 3.8) is 0 Å². The van der Waals surface area contributed by atoms with Crippen LogP contribution in [0.3, 0.4) is 0 Å². The second kappa shape index (κ2) is 7.14. The molecule has 0 aliphatic carbocycles. The zero-order chi connectivity index (χ0) is 16.8. The topological polar surface area (TPSA) is 113 Å². The molecule has 0 saturated heterocycles. The normalized spacial score (nSPS) is 10.2. The van der Waals surface area contributed by atoms with Gasteiger partial charge in [0.25, 0.3) is 11.8 Å². The number of rotatable bonds is 5. The molecule has 3 rings (SSSR count). The van der Waals surface area contributed by atoms with Crippen LogP contribution in [0.15, 0.2) is 55.2 Å². The molecule has 8 heteroatoms. The van der Waals surface area contributed by atoms with E-state index in [0.717, 1.165) is 0 Å². The number of H-pyrrole nitrogens is 1. The van der Waals surface area contributed by atoms with Gasteiger partial charge in [0.05, 0.1) is 17.4 Å². The molecule has 0 saturated carbocycles. The minimum Gasteiger partial charge on any atom is -0.348 e. The van der Waals surface area contributed by atoms with E-state index in [1.165, 1.54) is 12.4 Å². The van der Waals surface area contributed by atoms with Crippen LogP contribution in [0.2, 0.25) is 0 Å². The predicted octanol–water partition coefficient (Wildman–Crippen LogP) is 1.38. The number of carbonyl (C=O) groups is 2. The van der Waals surface area contributed by atoms with Crippen molar-refractivity contribution < 1.29 is 9.59 Å². The van der Waals surface area contributed by atoms with Gasteiger partial charge in [-0.2, -0.15) is 5.10 Å². The summed E-state index contributed by atoms with van der Waals surface area (Å²) in [6, 6.07) is 6.78. The van der Waals surface area contributed by atoms with Gasteiger partial charge >= 0.3 is 0 Å². The fourth-order valence-corrected chi connectivity index (χ4v) is 2.05. The van der Waals surface area contributed by atoms with Crippen LogP contribution >= 0.6 is 0 Å². The molecule has 0 atom stereocenters. The molecule has 3 aromatic rings. The van der Waals surface area contributed by atoms with Gasteiger partial charge in [0.1, 0.15) is 0 Å². The summed E-state index contributed by atoms with van der Waals surface area (Å²) in [5.74, 6) is -0.655. The quantitative estimate of drug-likeness (QED) is 0.657. The van der Waals surface area contributed by atoms with E-state index in [0.29, 0.717) is 16.8 Å². The highest BCUT2D eigenvalue weighted by Crippen LogP contribution is 2.09. The lowest BCUT2D eigenvalue weighted by molar-refractivity contribution is 0.0947. The molecule has 8 nitrogen and oxygen atoms in total. The van der Waals surface area contributed by atoms with Gasteiger partial charge < -0.3 is 10.6 Å². The SMILES string of the molecule is O=C(NCc1c[nH]nc1C(=O)Nc1cccnc1)c1cccnc1. The molecule has 0 aromatic carbocycles. The predicted molar refractivity (Wildman–Crippen MR) is 86.2 cm³/mol. The van der Waals surface area contributed by atoms with Crippen LogP contribution in [-0.2, 0) is 6.54 Å². The average Bonchev–Trinajstić information content (AvgIpc) is 3.10. The van der Waals surface area contributed by atoms with Crippen molar-refractivity contribution in [2.75, 3.05) is 5.32 Å². The smallest absolute Gasteiger partial charge is 0.276 e. The third kappa shape index (κ3) is 3.61. The maximum Gasteiger partial charge on any atom is 0.276 e. The summed E-state index contributed by atoms with van der Waals surface area (Å²) in [7, 11) is 0. The molecule has 0 aliphatic heterocycles. The van der Waals surface area contributed by atoms with Crippen molar-refractivity contribution >= 4 is 17.5 Å². The first-order valence-corrected chi connectivity index (χ1v) is 7.16. The van der Waals surface area contributed by atoms with Crippen molar-refractivity contribution in [1.29, 1.82) is 0 Å². The Bertz CT molecular complexity index is 832. The summed E-state index contributed by atoms with van der Waals surface area (Å²) >= 11 is 0. The maximum absolute atomic E-state index is 12.3. The molecule has 2 amide bonds. The Morgan fingerprint density at radius 1 is 1.04 bits per heavy atom. The van der Waals surface area contributed by atoms with Crippen LogP contribution in [0.4, 0.5) is 5.69 Å². The van der Waals surface area contributed by atoms with Gasteiger partial charge in [-0.25, -0.2) is 0 Å². The van der Waals surface area contributed by atoms with Crippen molar-refractivity contribution in [2.24, 2.45) is 0 Å². The largest absolute Gasteiger partial charge is 0.348 e.